The summed E-state index contributed by atoms with van der Waals surface area (Å²) < 4.78 is 28.1. The van der Waals surface area contributed by atoms with E-state index in [1.54, 1.807) is 19.2 Å². The van der Waals surface area contributed by atoms with E-state index >= 15 is 0 Å². The van der Waals surface area contributed by atoms with Crippen molar-refractivity contribution in [2.75, 3.05) is 26.7 Å². The van der Waals surface area contributed by atoms with Crippen LogP contribution >= 0.6 is 0 Å². The van der Waals surface area contributed by atoms with E-state index in [0.717, 1.165) is 42.8 Å². The molecule has 0 spiro atoms. The number of benzene rings is 2. The molecule has 1 fully saturated rings. The van der Waals surface area contributed by atoms with Gasteiger partial charge in [0.15, 0.2) is 0 Å². The second kappa shape index (κ2) is 10.2. The van der Waals surface area contributed by atoms with Crippen molar-refractivity contribution in [2.24, 2.45) is 5.14 Å². The number of amides is 1. The lowest BCUT2D eigenvalue weighted by molar-refractivity contribution is -0.126. The molecular weight excluding hydrogens is 452 g/mol. The average molecular weight is 485 g/mol. The fraction of sp³-hybridized carbons (Fsp3) is 0.400. The van der Waals surface area contributed by atoms with Gasteiger partial charge in [-0.15, -0.1) is 0 Å². The Labute approximate surface area is 200 Å². The first-order chi connectivity index (χ1) is 16.3. The number of nitrogens with one attached hydrogen (secondary N) is 2. The van der Waals surface area contributed by atoms with Gasteiger partial charge in [-0.1, -0.05) is 12.1 Å². The highest BCUT2D eigenvalue weighted by atomic mass is 32.2. The Morgan fingerprint density at radius 2 is 1.91 bits per heavy atom. The van der Waals surface area contributed by atoms with Crippen LogP contribution in [0.1, 0.15) is 36.8 Å². The van der Waals surface area contributed by atoms with E-state index < -0.39 is 10.0 Å². The third-order valence-corrected chi connectivity index (χ3v) is 7.71. The average Bonchev–Trinajstić information content (AvgIpc) is 3.26. The highest BCUT2D eigenvalue weighted by molar-refractivity contribution is 7.89. The molecule has 1 aliphatic rings. The summed E-state index contributed by atoms with van der Waals surface area (Å²) in [6.07, 6.45) is 4.72. The molecule has 182 valence electrons. The van der Waals surface area contributed by atoms with Crippen LogP contribution in [0.25, 0.3) is 10.9 Å². The number of piperidine rings is 1. The van der Waals surface area contributed by atoms with Crippen LogP contribution in [0.15, 0.2) is 53.6 Å². The number of likely N-dealkylation sites (tertiary alicyclic amines) is 1. The van der Waals surface area contributed by atoms with E-state index in [1.165, 1.54) is 23.1 Å². The van der Waals surface area contributed by atoms with Crippen molar-refractivity contribution in [2.45, 2.75) is 43.0 Å². The maximum absolute atomic E-state index is 12.7. The minimum absolute atomic E-state index is 0.0106. The third-order valence-electron chi connectivity index (χ3n) is 6.78. The van der Waals surface area contributed by atoms with E-state index in [4.69, 9.17) is 9.88 Å². The molecule has 3 aromatic rings. The van der Waals surface area contributed by atoms with Crippen molar-refractivity contribution in [1.82, 2.24) is 15.2 Å². The molecular formula is C25H32N4O4S. The summed E-state index contributed by atoms with van der Waals surface area (Å²) in [5.41, 5.74) is 3.38. The normalized spacial score (nSPS) is 16.4. The molecule has 1 atom stereocenters. The number of H-pyrrole nitrogens is 1. The Balaban J connectivity index is 1.27. The van der Waals surface area contributed by atoms with Crippen LogP contribution in [0.3, 0.4) is 0 Å². The van der Waals surface area contributed by atoms with E-state index in [0.29, 0.717) is 18.9 Å². The number of aromatic amines is 1. The zero-order chi connectivity index (χ0) is 24.3. The van der Waals surface area contributed by atoms with Crippen LogP contribution in [0, 0.1) is 0 Å². The highest BCUT2D eigenvalue weighted by Crippen LogP contribution is 2.35. The lowest BCUT2D eigenvalue weighted by Crippen LogP contribution is -2.48. The molecule has 1 unspecified atom stereocenters. The van der Waals surface area contributed by atoms with E-state index in [-0.39, 0.29) is 16.8 Å². The number of hydrogen-bond donors (Lipinski definition) is 3. The summed E-state index contributed by atoms with van der Waals surface area (Å²) in [6, 6.07) is 12.3. The van der Waals surface area contributed by atoms with Crippen molar-refractivity contribution < 1.29 is 17.9 Å². The summed E-state index contributed by atoms with van der Waals surface area (Å²) in [4.78, 5) is 18.4. The zero-order valence-electron chi connectivity index (χ0n) is 19.6. The predicted molar refractivity (Wildman–Crippen MR) is 132 cm³/mol. The largest absolute Gasteiger partial charge is 0.497 e. The molecule has 34 heavy (non-hydrogen) atoms. The molecule has 4 N–H and O–H groups in total. The Morgan fingerprint density at radius 1 is 1.21 bits per heavy atom. The molecule has 2 heterocycles. The summed E-state index contributed by atoms with van der Waals surface area (Å²) >= 11 is 0. The van der Waals surface area contributed by atoms with Gasteiger partial charge in [0.05, 0.1) is 18.0 Å². The Hall–Kier alpha value is -2.88. The topological polar surface area (TPSA) is 118 Å². The predicted octanol–water partition coefficient (Wildman–Crippen LogP) is 2.75. The van der Waals surface area contributed by atoms with Crippen molar-refractivity contribution in [1.29, 1.82) is 0 Å². The standard InChI is InChI=1S/C25H32N4O4S/c1-17(25(30)27-12-9-18-3-6-21(7-4-18)34(26,31)32)29-13-10-19(11-14-29)23-16-28-24-8-5-20(33-2)15-22(23)24/h3-8,15-17,19,28H,9-14H2,1-2H3,(H,27,30)(H2,26,31,32). The molecule has 1 aromatic heterocycles. The first kappa shape index (κ1) is 24.3. The van der Waals surface area contributed by atoms with Crippen LogP contribution in [0.5, 0.6) is 5.75 Å². The molecule has 2 aromatic carbocycles. The number of sulfonamides is 1. The summed E-state index contributed by atoms with van der Waals surface area (Å²) in [6.45, 7) is 4.18. The number of fused-ring (bicyclic) bond motifs is 1. The SMILES string of the molecule is COc1ccc2[nH]cc(C3CCN(C(C)C(=O)NCCc4ccc(S(N)(=O)=O)cc4)CC3)c2c1. The summed E-state index contributed by atoms with van der Waals surface area (Å²) in [5, 5.41) is 9.34. The maximum atomic E-state index is 12.7. The minimum Gasteiger partial charge on any atom is -0.497 e. The van der Waals surface area contributed by atoms with E-state index in [9.17, 15) is 13.2 Å². The first-order valence-electron chi connectivity index (χ1n) is 11.5. The van der Waals surface area contributed by atoms with Crippen molar-refractivity contribution in [3.63, 3.8) is 0 Å². The number of nitrogens with zero attached hydrogens (tertiary/aromatic N) is 1. The molecule has 1 amide bonds. The van der Waals surface area contributed by atoms with Crippen LogP contribution < -0.4 is 15.2 Å². The Morgan fingerprint density at radius 3 is 2.56 bits per heavy atom. The number of methoxy groups -OCH3 is 1. The van der Waals surface area contributed by atoms with Gasteiger partial charge in [0.2, 0.25) is 15.9 Å². The number of hydrogen-bond acceptors (Lipinski definition) is 5. The van der Waals surface area contributed by atoms with Crippen LogP contribution in [0.2, 0.25) is 0 Å². The summed E-state index contributed by atoms with van der Waals surface area (Å²) in [7, 11) is -2.01. The van der Waals surface area contributed by atoms with Gasteiger partial charge in [-0.05, 0) is 86.7 Å². The third kappa shape index (κ3) is 5.43. The quantitative estimate of drug-likeness (QED) is 0.454. The smallest absolute Gasteiger partial charge is 0.238 e. The van der Waals surface area contributed by atoms with Gasteiger partial charge in [-0.25, -0.2) is 13.6 Å². The fourth-order valence-corrected chi connectivity index (χ4v) is 5.19. The van der Waals surface area contributed by atoms with Gasteiger partial charge >= 0.3 is 0 Å². The number of carbonyl (C=O) groups excluding carboxylic acids is 1. The molecule has 1 saturated heterocycles. The second-order valence-corrected chi connectivity index (χ2v) is 10.4. The number of aromatic nitrogens is 1. The molecule has 0 radical (unpaired) electrons. The number of primary sulfonamides is 1. The van der Waals surface area contributed by atoms with Crippen LogP contribution in [-0.4, -0.2) is 57.0 Å². The Bertz CT molecular complexity index is 1250. The van der Waals surface area contributed by atoms with Gasteiger partial charge in [-0.2, -0.15) is 0 Å². The number of nitrogens with two attached hydrogens (primary N) is 1. The number of rotatable bonds is 8. The lowest BCUT2D eigenvalue weighted by Gasteiger charge is -2.35. The van der Waals surface area contributed by atoms with Gasteiger partial charge in [-0.3, -0.25) is 9.69 Å². The Kier molecular flexibility index (Phi) is 7.25. The van der Waals surface area contributed by atoms with E-state index in [2.05, 4.69) is 27.5 Å². The van der Waals surface area contributed by atoms with Crippen LogP contribution in [-0.2, 0) is 21.2 Å². The fourth-order valence-electron chi connectivity index (χ4n) is 4.67. The van der Waals surface area contributed by atoms with Crippen molar-refractivity contribution in [3.8, 4) is 5.75 Å². The molecule has 0 saturated carbocycles. The molecule has 4 rings (SSSR count). The molecule has 8 nitrogen and oxygen atoms in total. The van der Waals surface area contributed by atoms with Gasteiger partial charge in [0.25, 0.3) is 0 Å². The van der Waals surface area contributed by atoms with Gasteiger partial charge < -0.3 is 15.0 Å². The number of ether oxygens (including phenoxy) is 1. The van der Waals surface area contributed by atoms with Crippen LogP contribution in [0.4, 0.5) is 0 Å². The highest BCUT2D eigenvalue weighted by Gasteiger charge is 2.28. The zero-order valence-corrected chi connectivity index (χ0v) is 20.4. The lowest BCUT2D eigenvalue weighted by atomic mass is 9.88. The second-order valence-electron chi connectivity index (χ2n) is 8.87. The molecule has 9 heteroatoms. The molecule has 0 bridgehead atoms. The van der Waals surface area contributed by atoms with Gasteiger partial charge in [0.1, 0.15) is 5.75 Å². The molecule has 1 aliphatic heterocycles. The molecule has 0 aliphatic carbocycles. The maximum Gasteiger partial charge on any atom is 0.238 e. The van der Waals surface area contributed by atoms with Gasteiger partial charge in [0, 0.05) is 23.6 Å². The van der Waals surface area contributed by atoms with Crippen molar-refractivity contribution >= 4 is 26.8 Å². The number of carbonyl (C=O) groups is 1. The first-order valence-corrected chi connectivity index (χ1v) is 13.1. The summed E-state index contributed by atoms with van der Waals surface area (Å²) in [5.74, 6) is 1.32. The van der Waals surface area contributed by atoms with E-state index in [1.807, 2.05) is 19.1 Å². The minimum atomic E-state index is -3.69. The van der Waals surface area contributed by atoms with Crippen molar-refractivity contribution in [3.05, 3.63) is 59.8 Å². The monoisotopic (exact) mass is 484 g/mol.